The largest absolute Gasteiger partial charge is 0.372 e. The van der Waals surface area contributed by atoms with Gasteiger partial charge in [0.25, 0.3) is 5.91 Å². The smallest absolute Gasteiger partial charge is 0.267 e. The number of anilines is 1. The van der Waals surface area contributed by atoms with Gasteiger partial charge in [0.2, 0.25) is 0 Å². The summed E-state index contributed by atoms with van der Waals surface area (Å²) in [4.78, 5) is 21.1. The van der Waals surface area contributed by atoms with Crippen LogP contribution in [0.4, 0.5) is 5.69 Å². The Bertz CT molecular complexity index is 626. The van der Waals surface area contributed by atoms with Crippen molar-refractivity contribution in [3.05, 3.63) is 23.0 Å². The summed E-state index contributed by atoms with van der Waals surface area (Å²) in [6.07, 6.45) is 2.56. The number of nitrogens with two attached hydrogens (primary N) is 1. The molecule has 1 saturated heterocycles. The van der Waals surface area contributed by atoms with Gasteiger partial charge in [0.05, 0.1) is 11.4 Å². The molecule has 1 amide bonds. The average Bonchev–Trinajstić information content (AvgIpc) is 2.68. The van der Waals surface area contributed by atoms with Crippen molar-refractivity contribution in [2.45, 2.75) is 45.6 Å². The van der Waals surface area contributed by atoms with Crippen LogP contribution in [0.1, 0.15) is 55.4 Å². The SMILES string of the molecule is C[C@H]1CCCN(Cc2cc(C(N)=O)nc3c2N(C)CC3(C)C)C1. The van der Waals surface area contributed by atoms with Gasteiger partial charge in [-0.15, -0.1) is 0 Å². The fraction of sp³-hybridized carbons (Fsp3) is 0.667. The highest BCUT2D eigenvalue weighted by Gasteiger charge is 2.37. The zero-order valence-electron chi connectivity index (χ0n) is 14.7. The number of fused-ring (bicyclic) bond motifs is 1. The van der Waals surface area contributed by atoms with Crippen LogP contribution in [0, 0.1) is 5.92 Å². The van der Waals surface area contributed by atoms with Gasteiger partial charge in [-0.3, -0.25) is 9.69 Å². The maximum absolute atomic E-state index is 11.7. The summed E-state index contributed by atoms with van der Waals surface area (Å²) < 4.78 is 0. The van der Waals surface area contributed by atoms with Crippen LogP contribution in [0.25, 0.3) is 0 Å². The monoisotopic (exact) mass is 316 g/mol. The minimum Gasteiger partial charge on any atom is -0.372 e. The highest BCUT2D eigenvalue weighted by molar-refractivity contribution is 5.92. The van der Waals surface area contributed by atoms with Gasteiger partial charge in [0.15, 0.2) is 0 Å². The van der Waals surface area contributed by atoms with Crippen LogP contribution < -0.4 is 10.6 Å². The molecule has 5 heteroatoms. The summed E-state index contributed by atoms with van der Waals surface area (Å²) in [5.74, 6) is 0.301. The minimum absolute atomic E-state index is 0.0561. The molecule has 5 nitrogen and oxygen atoms in total. The highest BCUT2D eigenvalue weighted by atomic mass is 16.1. The fourth-order valence-electron chi connectivity index (χ4n) is 4.15. The molecule has 0 spiro atoms. The van der Waals surface area contributed by atoms with Crippen molar-refractivity contribution in [1.29, 1.82) is 0 Å². The zero-order valence-corrected chi connectivity index (χ0v) is 14.7. The number of hydrogen-bond acceptors (Lipinski definition) is 4. The Morgan fingerprint density at radius 3 is 2.87 bits per heavy atom. The van der Waals surface area contributed by atoms with Gasteiger partial charge in [0, 0.05) is 32.1 Å². The fourth-order valence-corrected chi connectivity index (χ4v) is 4.15. The Kier molecular flexibility index (Phi) is 4.08. The van der Waals surface area contributed by atoms with E-state index in [0.717, 1.165) is 37.8 Å². The molecular formula is C18H28N4O. The first-order chi connectivity index (χ1) is 10.8. The first-order valence-corrected chi connectivity index (χ1v) is 8.55. The van der Waals surface area contributed by atoms with Crippen molar-refractivity contribution in [2.24, 2.45) is 11.7 Å². The van der Waals surface area contributed by atoms with E-state index in [4.69, 9.17) is 5.73 Å². The summed E-state index contributed by atoms with van der Waals surface area (Å²) in [5.41, 5.74) is 9.26. The molecule has 1 fully saturated rings. The van der Waals surface area contributed by atoms with E-state index in [1.54, 1.807) is 0 Å². The summed E-state index contributed by atoms with van der Waals surface area (Å²) >= 11 is 0. The van der Waals surface area contributed by atoms with E-state index < -0.39 is 5.91 Å². The van der Waals surface area contributed by atoms with E-state index in [0.29, 0.717) is 5.69 Å². The number of rotatable bonds is 3. The van der Waals surface area contributed by atoms with E-state index in [1.165, 1.54) is 24.1 Å². The summed E-state index contributed by atoms with van der Waals surface area (Å²) in [5, 5.41) is 0. The quantitative estimate of drug-likeness (QED) is 0.928. The van der Waals surface area contributed by atoms with E-state index in [9.17, 15) is 4.79 Å². The summed E-state index contributed by atoms with van der Waals surface area (Å²) in [6, 6.07) is 1.90. The van der Waals surface area contributed by atoms with Crippen LogP contribution in [0.5, 0.6) is 0 Å². The molecule has 0 aliphatic carbocycles. The second kappa shape index (κ2) is 5.78. The Hall–Kier alpha value is -1.62. The molecule has 3 heterocycles. The van der Waals surface area contributed by atoms with E-state index in [-0.39, 0.29) is 5.41 Å². The molecule has 1 atom stereocenters. The van der Waals surface area contributed by atoms with Gasteiger partial charge in [-0.1, -0.05) is 20.8 Å². The zero-order chi connectivity index (χ0) is 16.8. The molecule has 0 saturated carbocycles. The van der Waals surface area contributed by atoms with Gasteiger partial charge in [0.1, 0.15) is 5.69 Å². The van der Waals surface area contributed by atoms with E-state index in [2.05, 4.69) is 42.6 Å². The Labute approximate surface area is 138 Å². The molecule has 2 N–H and O–H groups in total. The molecule has 126 valence electrons. The van der Waals surface area contributed by atoms with E-state index in [1.807, 2.05) is 6.07 Å². The lowest BCUT2D eigenvalue weighted by molar-refractivity contribution is 0.0995. The van der Waals surface area contributed by atoms with Crippen LogP contribution in [0.3, 0.4) is 0 Å². The molecule has 23 heavy (non-hydrogen) atoms. The van der Waals surface area contributed by atoms with Gasteiger partial charge < -0.3 is 10.6 Å². The molecule has 1 aromatic heterocycles. The number of piperidine rings is 1. The first kappa shape index (κ1) is 16.2. The molecule has 2 aliphatic rings. The van der Waals surface area contributed by atoms with Crippen molar-refractivity contribution >= 4 is 11.6 Å². The third-order valence-corrected chi connectivity index (χ3v) is 5.11. The lowest BCUT2D eigenvalue weighted by atomic mass is 9.90. The van der Waals surface area contributed by atoms with Crippen LogP contribution in [-0.2, 0) is 12.0 Å². The number of likely N-dealkylation sites (N-methyl/N-ethyl adjacent to an activating group) is 1. The van der Waals surface area contributed by atoms with Crippen molar-refractivity contribution in [1.82, 2.24) is 9.88 Å². The number of nitrogens with zero attached hydrogens (tertiary/aromatic N) is 3. The first-order valence-electron chi connectivity index (χ1n) is 8.55. The summed E-state index contributed by atoms with van der Waals surface area (Å²) in [6.45, 7) is 10.7. The van der Waals surface area contributed by atoms with Crippen molar-refractivity contribution in [2.75, 3.05) is 31.6 Å². The van der Waals surface area contributed by atoms with Gasteiger partial charge >= 0.3 is 0 Å². The second-order valence-corrected chi connectivity index (χ2v) is 7.95. The standard InChI is InChI=1S/C18H28N4O/c1-12-6-5-7-22(9-12)10-13-8-14(17(19)23)20-16-15(13)21(4)11-18(16,2)3/h8,12H,5-7,9-11H2,1-4H3,(H2,19,23)/t12-/m0/s1. The predicted molar refractivity (Wildman–Crippen MR) is 92.7 cm³/mol. The Morgan fingerprint density at radius 2 is 2.22 bits per heavy atom. The van der Waals surface area contributed by atoms with Gasteiger partial charge in [-0.2, -0.15) is 0 Å². The lowest BCUT2D eigenvalue weighted by Gasteiger charge is -2.32. The van der Waals surface area contributed by atoms with Crippen molar-refractivity contribution in [3.63, 3.8) is 0 Å². The normalized spacial score (nSPS) is 23.8. The Morgan fingerprint density at radius 1 is 1.48 bits per heavy atom. The third kappa shape index (κ3) is 3.07. The third-order valence-electron chi connectivity index (χ3n) is 5.11. The van der Waals surface area contributed by atoms with E-state index >= 15 is 0 Å². The van der Waals surface area contributed by atoms with Crippen molar-refractivity contribution < 1.29 is 4.79 Å². The molecule has 0 unspecified atom stereocenters. The number of hydrogen-bond donors (Lipinski definition) is 1. The molecule has 0 bridgehead atoms. The van der Waals surface area contributed by atoms with Crippen LogP contribution in [-0.4, -0.2) is 42.5 Å². The minimum atomic E-state index is -0.439. The number of primary amides is 1. The van der Waals surface area contributed by atoms with Gasteiger partial charge in [-0.25, -0.2) is 4.98 Å². The molecule has 0 aromatic carbocycles. The molecular weight excluding hydrogens is 288 g/mol. The van der Waals surface area contributed by atoms with Crippen LogP contribution in [0.15, 0.2) is 6.07 Å². The highest BCUT2D eigenvalue weighted by Crippen LogP contribution is 2.41. The average molecular weight is 316 g/mol. The molecule has 1 aromatic rings. The number of likely N-dealkylation sites (tertiary alicyclic amines) is 1. The number of carbonyl (C=O) groups is 1. The maximum Gasteiger partial charge on any atom is 0.267 e. The number of pyridine rings is 1. The number of amides is 1. The van der Waals surface area contributed by atoms with Crippen LogP contribution in [0.2, 0.25) is 0 Å². The molecule has 2 aliphatic heterocycles. The van der Waals surface area contributed by atoms with Crippen LogP contribution >= 0.6 is 0 Å². The number of aromatic nitrogens is 1. The summed E-state index contributed by atoms with van der Waals surface area (Å²) in [7, 11) is 2.11. The lowest BCUT2D eigenvalue weighted by Crippen LogP contribution is -2.34. The number of carbonyl (C=O) groups excluding carboxylic acids is 1. The molecule has 0 radical (unpaired) electrons. The Balaban J connectivity index is 2.00. The van der Waals surface area contributed by atoms with Crippen molar-refractivity contribution in [3.8, 4) is 0 Å². The second-order valence-electron chi connectivity index (χ2n) is 7.95. The molecule has 3 rings (SSSR count). The predicted octanol–water partition coefficient (Wildman–Crippen LogP) is 2.14. The maximum atomic E-state index is 11.7. The van der Waals surface area contributed by atoms with Gasteiger partial charge in [-0.05, 0) is 36.9 Å². The topological polar surface area (TPSA) is 62.5 Å².